The van der Waals surface area contributed by atoms with Gasteiger partial charge in [0.15, 0.2) is 11.9 Å². The van der Waals surface area contributed by atoms with Gasteiger partial charge >= 0.3 is 0 Å². The van der Waals surface area contributed by atoms with Crippen molar-refractivity contribution in [2.45, 2.75) is 18.4 Å². The van der Waals surface area contributed by atoms with E-state index >= 15 is 0 Å². The summed E-state index contributed by atoms with van der Waals surface area (Å²) in [5, 5.41) is 9.02. The summed E-state index contributed by atoms with van der Waals surface area (Å²) in [5.41, 5.74) is -0.500. The number of nitrogens with zero attached hydrogens (tertiary/aromatic N) is 3. The zero-order chi connectivity index (χ0) is 18.2. The summed E-state index contributed by atoms with van der Waals surface area (Å²) in [6.45, 7) is -0.0153. The van der Waals surface area contributed by atoms with Crippen LogP contribution in [0, 0.1) is 11.3 Å². The number of halogens is 2. The second-order valence-corrected chi connectivity index (χ2v) is 5.92. The van der Waals surface area contributed by atoms with Crippen molar-refractivity contribution in [3.8, 4) is 17.7 Å². The molecule has 0 aromatic carbocycles. The zero-order valence-corrected chi connectivity index (χ0v) is 13.7. The van der Waals surface area contributed by atoms with E-state index in [0.29, 0.717) is 6.54 Å². The number of nitriles is 1. The molecule has 3 heterocycles. The Kier molecular flexibility index (Phi) is 4.30. The minimum atomic E-state index is -3.10. The first kappa shape index (κ1) is 17.1. The van der Waals surface area contributed by atoms with Gasteiger partial charge in [0.25, 0.3) is 11.8 Å². The molecule has 132 valence electrons. The maximum atomic E-state index is 14.3. The predicted octanol–water partition coefficient (Wildman–Crippen LogP) is 1.52. The van der Waals surface area contributed by atoms with Gasteiger partial charge in [0, 0.05) is 19.2 Å². The number of ether oxygens (including phenoxy) is 2. The Morgan fingerprint density at radius 2 is 2.28 bits per heavy atom. The SMILES string of the molecule is COc1ncc2[nH]cc(C#N)c(=O)c2c1O[C@@H]1CCN(C)CC1(F)F. The monoisotopic (exact) mass is 350 g/mol. The van der Waals surface area contributed by atoms with Crippen molar-refractivity contribution < 1.29 is 18.3 Å². The van der Waals surface area contributed by atoms with E-state index < -0.39 is 24.0 Å². The van der Waals surface area contributed by atoms with Gasteiger partial charge in [-0.3, -0.25) is 4.79 Å². The molecular formula is C16H16F2N4O3. The lowest BCUT2D eigenvalue weighted by atomic mass is 10.0. The Hall–Kier alpha value is -2.73. The predicted molar refractivity (Wildman–Crippen MR) is 85.1 cm³/mol. The number of methoxy groups -OCH3 is 1. The molecule has 0 bridgehead atoms. The van der Waals surface area contributed by atoms with Crippen molar-refractivity contribution in [2.75, 3.05) is 27.2 Å². The van der Waals surface area contributed by atoms with E-state index in [1.807, 2.05) is 0 Å². The maximum Gasteiger partial charge on any atom is 0.296 e. The number of alkyl halides is 2. The molecule has 2 aromatic heterocycles. The van der Waals surface area contributed by atoms with E-state index in [4.69, 9.17) is 14.7 Å². The number of likely N-dealkylation sites (tertiary alicyclic amines) is 1. The Morgan fingerprint density at radius 1 is 1.52 bits per heavy atom. The molecule has 0 amide bonds. The first-order chi connectivity index (χ1) is 11.9. The highest BCUT2D eigenvalue weighted by Gasteiger charge is 2.46. The lowest BCUT2D eigenvalue weighted by Crippen LogP contribution is -2.52. The molecular weight excluding hydrogens is 334 g/mol. The van der Waals surface area contributed by atoms with Crippen LogP contribution in [-0.2, 0) is 0 Å². The summed E-state index contributed by atoms with van der Waals surface area (Å²) >= 11 is 0. The molecule has 7 nitrogen and oxygen atoms in total. The highest BCUT2D eigenvalue weighted by molar-refractivity contribution is 5.87. The van der Waals surface area contributed by atoms with Gasteiger partial charge in [-0.15, -0.1) is 0 Å². The van der Waals surface area contributed by atoms with Gasteiger partial charge in [-0.1, -0.05) is 0 Å². The molecule has 0 radical (unpaired) electrons. The molecule has 1 N–H and O–H groups in total. The summed E-state index contributed by atoms with van der Waals surface area (Å²) in [6, 6.07) is 1.76. The van der Waals surface area contributed by atoms with Crippen LogP contribution < -0.4 is 14.9 Å². The van der Waals surface area contributed by atoms with E-state index in [1.165, 1.54) is 24.4 Å². The van der Waals surface area contributed by atoms with Gasteiger partial charge in [0.05, 0.1) is 30.8 Å². The Bertz CT molecular complexity index is 907. The highest BCUT2D eigenvalue weighted by atomic mass is 19.3. The van der Waals surface area contributed by atoms with Crippen molar-refractivity contribution >= 4 is 10.9 Å². The Morgan fingerprint density at radius 3 is 2.92 bits per heavy atom. The fraction of sp³-hybridized carbons (Fsp3) is 0.438. The number of piperidine rings is 1. The number of rotatable bonds is 3. The van der Waals surface area contributed by atoms with E-state index in [-0.39, 0.29) is 34.5 Å². The van der Waals surface area contributed by atoms with Gasteiger partial charge in [0.2, 0.25) is 5.43 Å². The fourth-order valence-electron chi connectivity index (χ4n) is 2.88. The van der Waals surface area contributed by atoms with Crippen molar-refractivity contribution in [1.29, 1.82) is 5.26 Å². The number of pyridine rings is 2. The molecule has 9 heteroatoms. The summed E-state index contributed by atoms with van der Waals surface area (Å²) in [6.07, 6.45) is 1.23. The van der Waals surface area contributed by atoms with Crippen LogP contribution >= 0.6 is 0 Å². The molecule has 1 fully saturated rings. The molecule has 0 unspecified atom stereocenters. The molecule has 1 aliphatic heterocycles. The lowest BCUT2D eigenvalue weighted by Gasteiger charge is -2.36. The standard InChI is InChI=1S/C16H16F2N4O3/c1-22-4-3-11(16(17,18)8-22)25-14-12-10(7-21-15(14)24-2)20-6-9(5-19)13(12)23/h6-7,11H,3-4,8H2,1-2H3,(H,20,23)/t11-/m1/s1. The summed E-state index contributed by atoms with van der Waals surface area (Å²) in [5.74, 6) is -3.35. The molecule has 2 aromatic rings. The van der Waals surface area contributed by atoms with E-state index in [2.05, 4.69) is 9.97 Å². The van der Waals surface area contributed by atoms with E-state index in [1.54, 1.807) is 13.1 Å². The van der Waals surface area contributed by atoms with Gasteiger partial charge in [-0.05, 0) is 7.05 Å². The van der Waals surface area contributed by atoms with Crippen LogP contribution in [0.2, 0.25) is 0 Å². The summed E-state index contributed by atoms with van der Waals surface area (Å²) in [7, 11) is 2.91. The van der Waals surface area contributed by atoms with Crippen LogP contribution in [0.25, 0.3) is 10.9 Å². The zero-order valence-electron chi connectivity index (χ0n) is 13.7. The minimum absolute atomic E-state index is 0.0272. The Labute approximate surface area is 141 Å². The molecule has 0 spiro atoms. The average Bonchev–Trinajstić information content (AvgIpc) is 2.57. The maximum absolute atomic E-state index is 14.3. The van der Waals surface area contributed by atoms with Gasteiger partial charge in [0.1, 0.15) is 11.6 Å². The fourth-order valence-corrected chi connectivity index (χ4v) is 2.88. The van der Waals surface area contributed by atoms with Crippen LogP contribution in [0.15, 0.2) is 17.2 Å². The van der Waals surface area contributed by atoms with Crippen LogP contribution in [0.5, 0.6) is 11.6 Å². The third-order valence-electron chi connectivity index (χ3n) is 4.14. The first-order valence-electron chi connectivity index (χ1n) is 7.59. The Balaban J connectivity index is 2.14. The van der Waals surface area contributed by atoms with Gasteiger partial charge < -0.3 is 19.4 Å². The minimum Gasteiger partial charge on any atom is -0.478 e. The normalized spacial score (nSPS) is 20.2. The molecule has 1 aliphatic rings. The number of H-pyrrole nitrogens is 1. The van der Waals surface area contributed by atoms with Crippen molar-refractivity contribution in [3.05, 3.63) is 28.2 Å². The van der Waals surface area contributed by atoms with Crippen molar-refractivity contribution in [1.82, 2.24) is 14.9 Å². The lowest BCUT2D eigenvalue weighted by molar-refractivity contribution is -0.135. The number of fused-ring (bicyclic) bond motifs is 1. The van der Waals surface area contributed by atoms with E-state index in [0.717, 1.165) is 0 Å². The smallest absolute Gasteiger partial charge is 0.296 e. The number of hydrogen-bond donors (Lipinski definition) is 1. The highest BCUT2D eigenvalue weighted by Crippen LogP contribution is 2.36. The third-order valence-corrected chi connectivity index (χ3v) is 4.14. The molecule has 25 heavy (non-hydrogen) atoms. The van der Waals surface area contributed by atoms with Gasteiger partial charge in [-0.2, -0.15) is 5.26 Å². The topological polar surface area (TPSA) is 91.2 Å². The second-order valence-electron chi connectivity index (χ2n) is 5.92. The summed E-state index contributed by atoms with van der Waals surface area (Å²) in [4.78, 5) is 20.8. The average molecular weight is 350 g/mol. The van der Waals surface area contributed by atoms with Crippen LogP contribution in [0.1, 0.15) is 12.0 Å². The number of aromatic amines is 1. The largest absolute Gasteiger partial charge is 0.478 e. The summed E-state index contributed by atoms with van der Waals surface area (Å²) < 4.78 is 39.3. The van der Waals surface area contributed by atoms with Crippen molar-refractivity contribution in [2.24, 2.45) is 0 Å². The second kappa shape index (κ2) is 6.29. The number of nitrogens with one attached hydrogen (secondary N) is 1. The van der Waals surface area contributed by atoms with Crippen LogP contribution in [-0.4, -0.2) is 54.1 Å². The van der Waals surface area contributed by atoms with Gasteiger partial charge in [-0.25, -0.2) is 13.8 Å². The molecule has 1 saturated heterocycles. The van der Waals surface area contributed by atoms with Crippen molar-refractivity contribution in [3.63, 3.8) is 0 Å². The van der Waals surface area contributed by atoms with Crippen LogP contribution in [0.4, 0.5) is 8.78 Å². The number of hydrogen-bond acceptors (Lipinski definition) is 6. The van der Waals surface area contributed by atoms with E-state index in [9.17, 15) is 13.6 Å². The number of aromatic nitrogens is 2. The molecule has 0 aliphatic carbocycles. The van der Waals surface area contributed by atoms with Crippen LogP contribution in [0.3, 0.4) is 0 Å². The molecule has 0 saturated carbocycles. The quantitative estimate of drug-likeness (QED) is 0.902. The first-order valence-corrected chi connectivity index (χ1v) is 7.59. The third kappa shape index (κ3) is 3.00. The molecule has 1 atom stereocenters. The molecule has 3 rings (SSSR count).